The maximum absolute atomic E-state index is 4.71. The third-order valence-corrected chi connectivity index (χ3v) is 0. The van der Waals surface area contributed by atoms with Gasteiger partial charge in [-0.3, -0.25) is 0 Å². The van der Waals surface area contributed by atoms with E-state index in [0.717, 1.165) is 0 Å². The Labute approximate surface area is 52.2 Å². The maximum Gasteiger partial charge on any atom is 3.00 e. The number of rotatable bonds is 0. The molecule has 2 N–H and O–H groups in total. The van der Waals surface area contributed by atoms with E-state index in [1.807, 2.05) is 0 Å². The fourth-order valence-corrected chi connectivity index (χ4v) is 0. The van der Waals surface area contributed by atoms with Gasteiger partial charge in [0.2, 0.25) is 0 Å². The molecule has 0 bridgehead atoms. The quantitative estimate of drug-likeness (QED) is 0.291. The maximum atomic E-state index is 4.71. The molecule has 29 valence electrons. The monoisotopic (exact) mass is 149 g/mol. The largest absolute Gasteiger partial charge is 3.00 e. The molecule has 0 aromatic heterocycles. The summed E-state index contributed by atoms with van der Waals surface area (Å²) in [5, 5.41) is 0. The van der Waals surface area contributed by atoms with E-state index in [2.05, 4.69) is 24.8 Å². The fraction of sp³-hybridized carbons (Fsp3) is 0. The second-order valence-corrected chi connectivity index (χ2v) is 1.56. The molecular formula is CH3FeNS2+3. The van der Waals surface area contributed by atoms with Gasteiger partial charge < -0.3 is 5.73 Å². The van der Waals surface area contributed by atoms with Gasteiger partial charge in [0.1, 0.15) is 4.32 Å². The fourth-order valence-electron chi connectivity index (χ4n) is 0. The Morgan fingerprint density at radius 2 is 1.80 bits per heavy atom. The summed E-state index contributed by atoms with van der Waals surface area (Å²) < 4.78 is 0.194. The first-order valence-corrected chi connectivity index (χ1v) is 1.57. The first-order valence-electron chi connectivity index (χ1n) is 0.716. The zero-order valence-corrected chi connectivity index (χ0v) is 5.10. The minimum Gasteiger partial charge on any atom is -0.385 e. The minimum atomic E-state index is 0. The van der Waals surface area contributed by atoms with Gasteiger partial charge in [0.25, 0.3) is 0 Å². The van der Waals surface area contributed by atoms with Crippen molar-refractivity contribution in [2.45, 2.75) is 0 Å². The first-order chi connectivity index (χ1) is 1.73. The predicted molar refractivity (Wildman–Crippen MR) is 25.8 cm³/mol. The van der Waals surface area contributed by atoms with Crippen LogP contribution in [0.2, 0.25) is 0 Å². The number of thiocarbonyl (C=S) groups is 1. The van der Waals surface area contributed by atoms with Crippen molar-refractivity contribution in [1.82, 2.24) is 0 Å². The van der Waals surface area contributed by atoms with Gasteiger partial charge in [-0.25, -0.2) is 0 Å². The van der Waals surface area contributed by atoms with E-state index < -0.39 is 0 Å². The molecule has 5 heavy (non-hydrogen) atoms. The number of hydrogen-bond donors (Lipinski definition) is 2. The van der Waals surface area contributed by atoms with Crippen molar-refractivity contribution < 1.29 is 17.1 Å². The number of thiol groups is 1. The van der Waals surface area contributed by atoms with Gasteiger partial charge in [-0.2, -0.15) is 0 Å². The SMILES string of the molecule is NC(=S)S.[Fe+3]. The number of hydrogen-bond acceptors (Lipinski definition) is 1. The molecule has 0 amide bonds. The van der Waals surface area contributed by atoms with Crippen LogP contribution in [0.4, 0.5) is 0 Å². The Morgan fingerprint density at radius 1 is 1.80 bits per heavy atom. The zero-order chi connectivity index (χ0) is 3.58. The van der Waals surface area contributed by atoms with Crippen LogP contribution in [-0.2, 0) is 17.1 Å². The summed E-state index contributed by atoms with van der Waals surface area (Å²) in [5.41, 5.74) is 4.71. The summed E-state index contributed by atoms with van der Waals surface area (Å²) in [7, 11) is 0. The van der Waals surface area contributed by atoms with E-state index in [1.165, 1.54) is 0 Å². The van der Waals surface area contributed by atoms with Gasteiger partial charge in [0, 0.05) is 0 Å². The summed E-state index contributed by atoms with van der Waals surface area (Å²) in [5.74, 6) is 0. The Morgan fingerprint density at radius 3 is 1.80 bits per heavy atom. The normalized spacial score (nSPS) is 5.00. The molecule has 0 rings (SSSR count). The second kappa shape index (κ2) is 4.76. The molecule has 0 fully saturated rings. The average Bonchev–Trinajstić information content (AvgIpc) is 0.811. The molecule has 0 aliphatic heterocycles. The minimum absolute atomic E-state index is 0. The van der Waals surface area contributed by atoms with E-state index in [0.29, 0.717) is 0 Å². The molecule has 1 radical (unpaired) electrons. The van der Waals surface area contributed by atoms with Gasteiger partial charge in [-0.05, 0) is 0 Å². The van der Waals surface area contributed by atoms with Crippen molar-refractivity contribution >= 4 is 29.2 Å². The van der Waals surface area contributed by atoms with E-state index in [1.54, 1.807) is 0 Å². The van der Waals surface area contributed by atoms with Crippen LogP contribution >= 0.6 is 24.8 Å². The van der Waals surface area contributed by atoms with E-state index in [9.17, 15) is 0 Å². The summed E-state index contributed by atoms with van der Waals surface area (Å²) in [6.07, 6.45) is 0. The molecular weight excluding hydrogens is 146 g/mol. The zero-order valence-electron chi connectivity index (χ0n) is 2.29. The number of nitrogens with two attached hydrogens (primary N) is 1. The van der Waals surface area contributed by atoms with Crippen LogP contribution in [0, 0.1) is 0 Å². The summed E-state index contributed by atoms with van der Waals surface area (Å²) in [6.45, 7) is 0. The van der Waals surface area contributed by atoms with E-state index in [-0.39, 0.29) is 21.4 Å². The Balaban J connectivity index is 0. The molecule has 0 heterocycles. The Kier molecular flexibility index (Phi) is 8.79. The topological polar surface area (TPSA) is 26.0 Å². The first kappa shape index (κ1) is 9.23. The van der Waals surface area contributed by atoms with Crippen molar-refractivity contribution in [2.24, 2.45) is 5.73 Å². The summed E-state index contributed by atoms with van der Waals surface area (Å²) in [6, 6.07) is 0. The van der Waals surface area contributed by atoms with Gasteiger partial charge >= 0.3 is 17.1 Å². The van der Waals surface area contributed by atoms with Crippen LogP contribution in [0.1, 0.15) is 0 Å². The van der Waals surface area contributed by atoms with Crippen molar-refractivity contribution in [3.8, 4) is 0 Å². The van der Waals surface area contributed by atoms with Crippen LogP contribution < -0.4 is 5.73 Å². The van der Waals surface area contributed by atoms with Crippen molar-refractivity contribution in [3.05, 3.63) is 0 Å². The smallest absolute Gasteiger partial charge is 0.385 e. The van der Waals surface area contributed by atoms with Crippen LogP contribution in [0.25, 0.3) is 0 Å². The standard InChI is InChI=1S/CH3NS2.Fe/c2-1(3)4;/h(H3,2,3,4);/q;+3. The predicted octanol–water partition coefficient (Wildman–Crippen LogP) is 0.157. The van der Waals surface area contributed by atoms with Crippen LogP contribution in [0.5, 0.6) is 0 Å². The van der Waals surface area contributed by atoms with Crippen molar-refractivity contribution in [2.75, 3.05) is 0 Å². The van der Waals surface area contributed by atoms with Crippen LogP contribution in [-0.4, -0.2) is 4.32 Å². The van der Waals surface area contributed by atoms with Crippen LogP contribution in [0.3, 0.4) is 0 Å². The van der Waals surface area contributed by atoms with E-state index in [4.69, 9.17) is 5.73 Å². The third kappa shape index (κ3) is 62.8. The summed E-state index contributed by atoms with van der Waals surface area (Å²) in [4.78, 5) is 0. The molecule has 0 spiro atoms. The molecule has 0 aromatic carbocycles. The molecule has 4 heteroatoms. The summed E-state index contributed by atoms with van der Waals surface area (Å²) >= 11 is 7.65. The van der Waals surface area contributed by atoms with E-state index >= 15 is 0 Å². The molecule has 0 saturated carbocycles. The van der Waals surface area contributed by atoms with Gasteiger partial charge in [-0.1, -0.05) is 12.2 Å². The van der Waals surface area contributed by atoms with Gasteiger partial charge in [-0.15, -0.1) is 12.6 Å². The molecule has 0 aliphatic rings. The van der Waals surface area contributed by atoms with Crippen LogP contribution in [0.15, 0.2) is 0 Å². The van der Waals surface area contributed by atoms with Crippen molar-refractivity contribution in [3.63, 3.8) is 0 Å². The molecule has 0 aliphatic carbocycles. The molecule has 0 atom stereocenters. The Bertz CT molecular complexity index is 32.6. The van der Waals surface area contributed by atoms with Crippen molar-refractivity contribution in [1.29, 1.82) is 0 Å². The molecule has 0 saturated heterocycles. The molecule has 0 aromatic rings. The van der Waals surface area contributed by atoms with Gasteiger partial charge in [0.15, 0.2) is 0 Å². The average molecular weight is 149 g/mol. The Hall–Kier alpha value is 0.759. The molecule has 0 unspecified atom stereocenters. The second-order valence-electron chi connectivity index (χ2n) is 0.338. The third-order valence-electron chi connectivity index (χ3n) is 0. The van der Waals surface area contributed by atoms with Gasteiger partial charge in [0.05, 0.1) is 0 Å². The molecule has 1 nitrogen and oxygen atoms in total.